The Labute approximate surface area is 117 Å². The number of ether oxygens (including phenoxy) is 1. The molecule has 0 aliphatic heterocycles. The van der Waals surface area contributed by atoms with E-state index in [1.807, 2.05) is 12.3 Å². The van der Waals surface area contributed by atoms with E-state index >= 15 is 0 Å². The highest BCUT2D eigenvalue weighted by Gasteiger charge is 2.09. The number of halogens is 2. The lowest BCUT2D eigenvalue weighted by Crippen LogP contribution is -1.99. The fourth-order valence-corrected chi connectivity index (χ4v) is 2.97. The van der Waals surface area contributed by atoms with Gasteiger partial charge in [-0.25, -0.2) is 4.98 Å². The Balaban J connectivity index is 2.14. The van der Waals surface area contributed by atoms with Crippen molar-refractivity contribution in [3.05, 3.63) is 37.7 Å². The minimum atomic E-state index is 0.406. The summed E-state index contributed by atoms with van der Waals surface area (Å²) >= 11 is 10.8. The first-order valence-corrected chi connectivity index (χ1v) is 6.89. The second-order valence-corrected chi connectivity index (χ2v) is 5.71. The van der Waals surface area contributed by atoms with Crippen LogP contribution in [0, 0.1) is 6.92 Å². The number of hydrogen-bond acceptors (Lipinski definition) is 4. The van der Waals surface area contributed by atoms with Gasteiger partial charge in [0.15, 0.2) is 5.75 Å². The van der Waals surface area contributed by atoms with Gasteiger partial charge < -0.3 is 10.5 Å². The summed E-state index contributed by atoms with van der Waals surface area (Å²) < 4.78 is 6.39. The molecule has 0 unspecified atom stereocenters. The molecular formula is C11H10BrClN2OS. The Morgan fingerprint density at radius 1 is 1.53 bits per heavy atom. The van der Waals surface area contributed by atoms with Crippen LogP contribution in [0.15, 0.2) is 22.0 Å². The Morgan fingerprint density at radius 3 is 2.88 bits per heavy atom. The Hall–Kier alpha value is -0.780. The third kappa shape index (κ3) is 3.12. The van der Waals surface area contributed by atoms with Crippen LogP contribution in [-0.2, 0) is 6.61 Å². The van der Waals surface area contributed by atoms with Crippen LogP contribution in [0.2, 0.25) is 5.02 Å². The predicted molar refractivity (Wildman–Crippen MR) is 74.7 cm³/mol. The number of aromatic nitrogens is 1. The zero-order chi connectivity index (χ0) is 12.4. The summed E-state index contributed by atoms with van der Waals surface area (Å²) in [6.45, 7) is 2.36. The maximum absolute atomic E-state index is 5.87. The molecule has 3 nitrogen and oxygen atoms in total. The normalized spacial score (nSPS) is 10.5. The molecule has 0 amide bonds. The van der Waals surface area contributed by atoms with Crippen molar-refractivity contribution in [1.82, 2.24) is 4.98 Å². The molecule has 6 heteroatoms. The molecule has 1 heterocycles. The van der Waals surface area contributed by atoms with E-state index < -0.39 is 0 Å². The number of nitrogens with zero attached hydrogens (tertiary/aromatic N) is 1. The molecule has 2 N–H and O–H groups in total. The van der Waals surface area contributed by atoms with Gasteiger partial charge in [0.25, 0.3) is 0 Å². The van der Waals surface area contributed by atoms with Crippen molar-refractivity contribution < 1.29 is 4.74 Å². The van der Waals surface area contributed by atoms with Gasteiger partial charge in [-0.3, -0.25) is 0 Å². The van der Waals surface area contributed by atoms with Crippen molar-refractivity contribution in [2.45, 2.75) is 13.5 Å². The molecule has 1 aromatic heterocycles. The van der Waals surface area contributed by atoms with E-state index in [0.29, 0.717) is 23.1 Å². The third-order valence-electron chi connectivity index (χ3n) is 2.04. The number of thiazole rings is 1. The summed E-state index contributed by atoms with van der Waals surface area (Å²) in [5.41, 5.74) is 7.34. The SMILES string of the molecule is Cc1csc(COc2c(N)cc(Cl)cc2Br)n1. The van der Waals surface area contributed by atoms with Gasteiger partial charge in [-0.05, 0) is 35.0 Å². The van der Waals surface area contributed by atoms with E-state index in [-0.39, 0.29) is 0 Å². The highest BCUT2D eigenvalue weighted by atomic mass is 79.9. The first kappa shape index (κ1) is 12.7. The average Bonchev–Trinajstić information content (AvgIpc) is 2.62. The minimum Gasteiger partial charge on any atom is -0.483 e. The molecule has 0 atom stereocenters. The van der Waals surface area contributed by atoms with Crippen LogP contribution in [-0.4, -0.2) is 4.98 Å². The number of nitrogens with two attached hydrogens (primary N) is 1. The molecular weight excluding hydrogens is 324 g/mol. The fourth-order valence-electron chi connectivity index (χ4n) is 1.34. The van der Waals surface area contributed by atoms with Crippen LogP contribution >= 0.6 is 38.9 Å². The molecule has 0 radical (unpaired) electrons. The first-order valence-electron chi connectivity index (χ1n) is 4.84. The van der Waals surface area contributed by atoms with Gasteiger partial charge in [0.05, 0.1) is 10.2 Å². The quantitative estimate of drug-likeness (QED) is 0.863. The van der Waals surface area contributed by atoms with Crippen LogP contribution in [0.3, 0.4) is 0 Å². The lowest BCUT2D eigenvalue weighted by atomic mass is 10.3. The van der Waals surface area contributed by atoms with Crippen molar-refractivity contribution >= 4 is 44.6 Å². The molecule has 1 aromatic carbocycles. The minimum absolute atomic E-state index is 0.406. The molecule has 0 aliphatic rings. The van der Waals surface area contributed by atoms with Gasteiger partial charge in [0, 0.05) is 16.1 Å². The summed E-state index contributed by atoms with van der Waals surface area (Å²) in [4.78, 5) is 4.31. The maximum atomic E-state index is 5.87. The molecule has 0 fully saturated rings. The molecule has 17 heavy (non-hydrogen) atoms. The summed E-state index contributed by atoms with van der Waals surface area (Å²) in [5.74, 6) is 0.599. The summed E-state index contributed by atoms with van der Waals surface area (Å²) in [5, 5.41) is 3.48. The number of anilines is 1. The van der Waals surface area contributed by atoms with E-state index in [9.17, 15) is 0 Å². The highest BCUT2D eigenvalue weighted by Crippen LogP contribution is 2.35. The zero-order valence-electron chi connectivity index (χ0n) is 9.04. The average molecular weight is 334 g/mol. The second kappa shape index (κ2) is 5.25. The van der Waals surface area contributed by atoms with Gasteiger partial charge >= 0.3 is 0 Å². The van der Waals surface area contributed by atoms with Gasteiger partial charge in [0.2, 0.25) is 0 Å². The summed E-state index contributed by atoms with van der Waals surface area (Å²) in [7, 11) is 0. The van der Waals surface area contributed by atoms with E-state index in [0.717, 1.165) is 15.2 Å². The Morgan fingerprint density at radius 2 is 2.29 bits per heavy atom. The summed E-state index contributed by atoms with van der Waals surface area (Å²) in [6, 6.07) is 3.41. The van der Waals surface area contributed by atoms with Gasteiger partial charge in [0.1, 0.15) is 11.6 Å². The van der Waals surface area contributed by atoms with Crippen LogP contribution < -0.4 is 10.5 Å². The molecule has 0 spiro atoms. The molecule has 2 aromatic rings. The third-order valence-corrected chi connectivity index (χ3v) is 3.79. The van der Waals surface area contributed by atoms with Gasteiger partial charge in [-0.2, -0.15) is 0 Å². The standard InChI is InChI=1S/C11H10BrClN2OS/c1-6-5-17-10(15-6)4-16-11-8(12)2-7(13)3-9(11)14/h2-3,5H,4,14H2,1H3. The highest BCUT2D eigenvalue weighted by molar-refractivity contribution is 9.10. The Bertz CT molecular complexity index is 521. The van der Waals surface area contributed by atoms with Crippen molar-refractivity contribution in [3.8, 4) is 5.75 Å². The lowest BCUT2D eigenvalue weighted by molar-refractivity contribution is 0.305. The van der Waals surface area contributed by atoms with Crippen molar-refractivity contribution in [3.63, 3.8) is 0 Å². The van der Waals surface area contributed by atoms with Gasteiger partial charge in [-0.1, -0.05) is 11.6 Å². The van der Waals surface area contributed by atoms with Crippen LogP contribution in [0.5, 0.6) is 5.75 Å². The molecule has 0 bridgehead atoms. The van der Waals surface area contributed by atoms with E-state index in [4.69, 9.17) is 22.1 Å². The smallest absolute Gasteiger partial charge is 0.157 e. The monoisotopic (exact) mass is 332 g/mol. The topological polar surface area (TPSA) is 48.1 Å². The first-order chi connectivity index (χ1) is 8.06. The predicted octanol–water partition coefficient (Wildman–Crippen LogP) is 4.03. The molecule has 0 aliphatic carbocycles. The van der Waals surface area contributed by atoms with Crippen LogP contribution in [0.25, 0.3) is 0 Å². The number of aryl methyl sites for hydroxylation is 1. The van der Waals surface area contributed by atoms with Gasteiger partial charge in [-0.15, -0.1) is 11.3 Å². The van der Waals surface area contributed by atoms with Crippen LogP contribution in [0.4, 0.5) is 5.69 Å². The van der Waals surface area contributed by atoms with Crippen molar-refractivity contribution in [1.29, 1.82) is 0 Å². The van der Waals surface area contributed by atoms with E-state index in [1.54, 1.807) is 23.5 Å². The molecule has 90 valence electrons. The van der Waals surface area contributed by atoms with Crippen molar-refractivity contribution in [2.75, 3.05) is 5.73 Å². The second-order valence-electron chi connectivity index (χ2n) is 3.48. The van der Waals surface area contributed by atoms with E-state index in [1.165, 1.54) is 0 Å². The van der Waals surface area contributed by atoms with Crippen molar-refractivity contribution in [2.24, 2.45) is 0 Å². The number of nitrogen functional groups attached to an aromatic ring is 1. The number of benzene rings is 1. The van der Waals surface area contributed by atoms with E-state index in [2.05, 4.69) is 20.9 Å². The molecule has 2 rings (SSSR count). The maximum Gasteiger partial charge on any atom is 0.157 e. The number of rotatable bonds is 3. The largest absolute Gasteiger partial charge is 0.483 e. The fraction of sp³-hybridized carbons (Fsp3) is 0.182. The Kier molecular flexibility index (Phi) is 3.91. The zero-order valence-corrected chi connectivity index (χ0v) is 12.2. The lowest BCUT2D eigenvalue weighted by Gasteiger charge is -2.10. The molecule has 0 saturated carbocycles. The molecule has 0 saturated heterocycles. The number of hydrogen-bond donors (Lipinski definition) is 1. The van der Waals surface area contributed by atoms with Crippen LogP contribution in [0.1, 0.15) is 10.7 Å². The summed E-state index contributed by atoms with van der Waals surface area (Å²) in [6.07, 6.45) is 0.